The molecular formula is C21H25NO5S. The maximum Gasteiger partial charge on any atom is 0.341 e. The Labute approximate surface area is 168 Å². The van der Waals surface area contributed by atoms with Crippen molar-refractivity contribution in [3.8, 4) is 11.5 Å². The highest BCUT2D eigenvalue weighted by molar-refractivity contribution is 7.17. The van der Waals surface area contributed by atoms with E-state index in [1.54, 1.807) is 19.2 Å². The van der Waals surface area contributed by atoms with Gasteiger partial charge in [0.05, 0.1) is 19.8 Å². The molecule has 0 bridgehead atoms. The lowest BCUT2D eigenvalue weighted by Gasteiger charge is -2.18. The normalized spacial score (nSPS) is 14.0. The summed E-state index contributed by atoms with van der Waals surface area (Å²) in [7, 11) is 2.92. The molecule has 2 aromatic rings. The van der Waals surface area contributed by atoms with Crippen molar-refractivity contribution in [1.82, 2.24) is 0 Å². The number of hydrogen-bond acceptors (Lipinski definition) is 6. The van der Waals surface area contributed by atoms with Crippen molar-refractivity contribution in [3.63, 3.8) is 0 Å². The zero-order chi connectivity index (χ0) is 20.1. The van der Waals surface area contributed by atoms with Crippen molar-refractivity contribution < 1.29 is 23.8 Å². The van der Waals surface area contributed by atoms with Crippen LogP contribution in [0.3, 0.4) is 0 Å². The molecule has 0 saturated heterocycles. The minimum absolute atomic E-state index is 0.294. The fraction of sp³-hybridized carbons (Fsp3) is 0.429. The van der Waals surface area contributed by atoms with Gasteiger partial charge in [0.15, 0.2) is 17.6 Å². The molecule has 0 fully saturated rings. The van der Waals surface area contributed by atoms with Crippen molar-refractivity contribution in [2.24, 2.45) is 0 Å². The monoisotopic (exact) mass is 403 g/mol. The summed E-state index contributed by atoms with van der Waals surface area (Å²) < 4.78 is 16.2. The topological polar surface area (TPSA) is 73.9 Å². The van der Waals surface area contributed by atoms with Gasteiger partial charge in [0.25, 0.3) is 5.91 Å². The molecule has 1 aromatic carbocycles. The maximum absolute atomic E-state index is 12.9. The van der Waals surface area contributed by atoms with Gasteiger partial charge >= 0.3 is 5.97 Å². The zero-order valence-electron chi connectivity index (χ0n) is 16.4. The molecule has 3 rings (SSSR count). The summed E-state index contributed by atoms with van der Waals surface area (Å²) in [6.45, 7) is 1.88. The van der Waals surface area contributed by atoms with Gasteiger partial charge in [0.2, 0.25) is 0 Å². The maximum atomic E-state index is 12.9. The summed E-state index contributed by atoms with van der Waals surface area (Å²) in [5, 5.41) is 3.45. The number of para-hydroxylation sites is 2. The van der Waals surface area contributed by atoms with E-state index in [-0.39, 0.29) is 5.91 Å². The van der Waals surface area contributed by atoms with Gasteiger partial charge in [-0.3, -0.25) is 4.79 Å². The van der Waals surface area contributed by atoms with Crippen LogP contribution in [0.4, 0.5) is 5.00 Å². The Morgan fingerprint density at radius 1 is 1.14 bits per heavy atom. The number of thiophene rings is 1. The van der Waals surface area contributed by atoms with Crippen molar-refractivity contribution in [2.45, 2.75) is 45.1 Å². The second kappa shape index (κ2) is 9.10. The van der Waals surface area contributed by atoms with Gasteiger partial charge in [-0.1, -0.05) is 19.1 Å². The van der Waals surface area contributed by atoms with Crippen molar-refractivity contribution >= 4 is 28.2 Å². The summed E-state index contributed by atoms with van der Waals surface area (Å²) in [6, 6.07) is 7.21. The second-order valence-electron chi connectivity index (χ2n) is 6.56. The number of esters is 1. The van der Waals surface area contributed by atoms with Crippen molar-refractivity contribution in [1.29, 1.82) is 0 Å². The first-order chi connectivity index (χ1) is 13.6. The SMILES string of the molecule is CC[C@@H](Oc1ccccc1OC)C(=O)Nc1sc2c(c1C(=O)OC)CCCC2. The standard InChI is InChI=1S/C21H25NO5S/c1-4-14(27-16-11-7-6-10-15(16)25-2)19(23)22-20-18(21(24)26-3)13-9-5-8-12-17(13)28-20/h6-7,10-11,14H,4-5,8-9,12H2,1-3H3,(H,22,23)/t14-/m1/s1. The number of benzene rings is 1. The number of carbonyl (C=O) groups is 2. The summed E-state index contributed by atoms with van der Waals surface area (Å²) >= 11 is 1.46. The third-order valence-electron chi connectivity index (χ3n) is 4.80. The Bertz CT molecular complexity index is 860. The van der Waals surface area contributed by atoms with Crippen LogP contribution in [0.25, 0.3) is 0 Å². The molecule has 1 aromatic heterocycles. The number of anilines is 1. The number of fused-ring (bicyclic) bond motifs is 1. The lowest BCUT2D eigenvalue weighted by molar-refractivity contribution is -0.122. The van der Waals surface area contributed by atoms with Crippen LogP contribution in [0.1, 0.15) is 47.0 Å². The lowest BCUT2D eigenvalue weighted by atomic mass is 9.95. The Morgan fingerprint density at radius 3 is 2.54 bits per heavy atom. The van der Waals surface area contributed by atoms with Crippen LogP contribution in [0, 0.1) is 0 Å². The Morgan fingerprint density at radius 2 is 1.86 bits per heavy atom. The van der Waals surface area contributed by atoms with E-state index in [0.29, 0.717) is 28.5 Å². The van der Waals surface area contributed by atoms with Gasteiger partial charge in [0.1, 0.15) is 5.00 Å². The minimum Gasteiger partial charge on any atom is -0.493 e. The van der Waals surface area contributed by atoms with E-state index in [2.05, 4.69) is 5.32 Å². The van der Waals surface area contributed by atoms with Crippen LogP contribution in [-0.4, -0.2) is 32.2 Å². The van der Waals surface area contributed by atoms with E-state index >= 15 is 0 Å². The minimum atomic E-state index is -0.707. The van der Waals surface area contributed by atoms with Crippen molar-refractivity contribution in [3.05, 3.63) is 40.3 Å². The molecule has 0 aliphatic heterocycles. The van der Waals surface area contributed by atoms with E-state index in [4.69, 9.17) is 14.2 Å². The molecule has 1 amide bonds. The fourth-order valence-electron chi connectivity index (χ4n) is 3.36. The summed E-state index contributed by atoms with van der Waals surface area (Å²) in [5.41, 5.74) is 1.50. The summed E-state index contributed by atoms with van der Waals surface area (Å²) in [6.07, 6.45) is 3.66. The van der Waals surface area contributed by atoms with Crippen LogP contribution in [0.2, 0.25) is 0 Å². The zero-order valence-corrected chi connectivity index (χ0v) is 17.2. The first-order valence-electron chi connectivity index (χ1n) is 9.42. The van der Waals surface area contributed by atoms with Gasteiger partial charge < -0.3 is 19.5 Å². The van der Waals surface area contributed by atoms with Gasteiger partial charge in [-0.05, 0) is 49.8 Å². The fourth-order valence-corrected chi connectivity index (χ4v) is 4.64. The van der Waals surface area contributed by atoms with E-state index < -0.39 is 12.1 Å². The molecule has 1 atom stereocenters. The average molecular weight is 404 g/mol. The number of rotatable bonds is 7. The number of aryl methyl sites for hydroxylation is 1. The van der Waals surface area contributed by atoms with E-state index in [9.17, 15) is 9.59 Å². The number of nitrogens with one attached hydrogen (secondary N) is 1. The molecule has 1 aliphatic rings. The van der Waals surface area contributed by atoms with Gasteiger partial charge in [-0.25, -0.2) is 4.79 Å². The van der Waals surface area contributed by atoms with E-state index in [0.717, 1.165) is 36.1 Å². The van der Waals surface area contributed by atoms with Crippen LogP contribution < -0.4 is 14.8 Å². The highest BCUT2D eigenvalue weighted by Crippen LogP contribution is 2.38. The van der Waals surface area contributed by atoms with E-state index in [1.807, 2.05) is 19.1 Å². The molecule has 0 radical (unpaired) electrons. The van der Waals surface area contributed by atoms with Gasteiger partial charge in [0, 0.05) is 4.88 Å². The van der Waals surface area contributed by atoms with Crippen LogP contribution in [-0.2, 0) is 22.4 Å². The first-order valence-corrected chi connectivity index (χ1v) is 10.2. The predicted octanol–water partition coefficient (Wildman–Crippen LogP) is 4.22. The predicted molar refractivity (Wildman–Crippen MR) is 109 cm³/mol. The molecule has 150 valence electrons. The van der Waals surface area contributed by atoms with Gasteiger partial charge in [-0.15, -0.1) is 11.3 Å². The molecule has 1 aliphatic carbocycles. The third kappa shape index (κ3) is 4.14. The Kier molecular flexibility index (Phi) is 6.57. The molecule has 7 heteroatoms. The second-order valence-corrected chi connectivity index (χ2v) is 7.67. The lowest BCUT2D eigenvalue weighted by Crippen LogP contribution is -2.32. The molecule has 1 heterocycles. The number of amides is 1. The average Bonchev–Trinajstić information content (AvgIpc) is 3.09. The number of methoxy groups -OCH3 is 2. The smallest absolute Gasteiger partial charge is 0.341 e. The molecule has 0 saturated carbocycles. The number of hydrogen-bond donors (Lipinski definition) is 1. The summed E-state index contributed by atoms with van der Waals surface area (Å²) in [4.78, 5) is 26.4. The molecule has 6 nitrogen and oxygen atoms in total. The molecule has 28 heavy (non-hydrogen) atoms. The molecule has 0 spiro atoms. The molecular weight excluding hydrogens is 378 g/mol. The number of ether oxygens (including phenoxy) is 3. The van der Waals surface area contributed by atoms with Crippen LogP contribution in [0.5, 0.6) is 11.5 Å². The third-order valence-corrected chi connectivity index (χ3v) is 6.01. The largest absolute Gasteiger partial charge is 0.493 e. The Balaban J connectivity index is 1.83. The molecule has 0 unspecified atom stereocenters. The van der Waals surface area contributed by atoms with Gasteiger partial charge in [-0.2, -0.15) is 0 Å². The van der Waals surface area contributed by atoms with Crippen LogP contribution in [0.15, 0.2) is 24.3 Å². The Hall–Kier alpha value is -2.54. The van der Waals surface area contributed by atoms with Crippen LogP contribution >= 0.6 is 11.3 Å². The highest BCUT2D eigenvalue weighted by Gasteiger charge is 2.29. The van der Waals surface area contributed by atoms with E-state index in [1.165, 1.54) is 18.4 Å². The first kappa shape index (κ1) is 20.2. The highest BCUT2D eigenvalue weighted by atomic mass is 32.1. The number of carbonyl (C=O) groups excluding carboxylic acids is 2. The molecule has 1 N–H and O–H groups in total. The summed E-state index contributed by atoms with van der Waals surface area (Å²) in [5.74, 6) is 0.367. The quantitative estimate of drug-likeness (QED) is 0.701. The van der Waals surface area contributed by atoms with Crippen molar-refractivity contribution in [2.75, 3.05) is 19.5 Å².